The summed E-state index contributed by atoms with van der Waals surface area (Å²) >= 11 is 0. The van der Waals surface area contributed by atoms with Crippen LogP contribution in [0.1, 0.15) is 46.8 Å². The van der Waals surface area contributed by atoms with Gasteiger partial charge in [-0.1, -0.05) is 26.5 Å². The number of hydrogen-bond acceptors (Lipinski definition) is 1. The molecule has 1 rings (SSSR count). The number of rotatable bonds is 3. The molecule has 0 unspecified atom stereocenters. The average molecular weight is 202 g/mol. The van der Waals surface area contributed by atoms with Crippen molar-refractivity contribution in [2.75, 3.05) is 0 Å². The standard InChI is InChI=1S/C14H18O/c1-6-14(15)13-8-12(9(2)3)10(4)7-11(13)5/h6-9H,1H2,2-5H3. The number of ketones is 1. The Morgan fingerprint density at radius 3 is 2.33 bits per heavy atom. The molecule has 0 radical (unpaired) electrons. The summed E-state index contributed by atoms with van der Waals surface area (Å²) in [5.74, 6) is 0.455. The van der Waals surface area contributed by atoms with E-state index in [4.69, 9.17) is 0 Å². The van der Waals surface area contributed by atoms with Gasteiger partial charge < -0.3 is 0 Å². The van der Waals surface area contributed by atoms with Gasteiger partial charge in [-0.05, 0) is 48.6 Å². The van der Waals surface area contributed by atoms with E-state index in [2.05, 4.69) is 33.4 Å². The lowest BCUT2D eigenvalue weighted by Crippen LogP contribution is -2.02. The molecule has 0 amide bonds. The Labute approximate surface area is 91.8 Å². The zero-order valence-electron chi connectivity index (χ0n) is 9.92. The third-order valence-electron chi connectivity index (χ3n) is 2.69. The summed E-state index contributed by atoms with van der Waals surface area (Å²) in [5.41, 5.74) is 4.30. The Hall–Kier alpha value is -1.37. The molecule has 0 fully saturated rings. The van der Waals surface area contributed by atoms with Crippen molar-refractivity contribution in [1.29, 1.82) is 0 Å². The van der Waals surface area contributed by atoms with Crippen LogP contribution >= 0.6 is 0 Å². The number of hydrogen-bond donors (Lipinski definition) is 0. The molecule has 80 valence electrons. The zero-order chi connectivity index (χ0) is 11.6. The van der Waals surface area contributed by atoms with Gasteiger partial charge in [-0.3, -0.25) is 4.79 Å². The van der Waals surface area contributed by atoms with Gasteiger partial charge in [0.1, 0.15) is 0 Å². The van der Waals surface area contributed by atoms with Gasteiger partial charge in [-0.25, -0.2) is 0 Å². The summed E-state index contributed by atoms with van der Waals surface area (Å²) in [5, 5.41) is 0. The predicted molar refractivity (Wildman–Crippen MR) is 64.5 cm³/mol. The molecule has 0 aliphatic carbocycles. The lowest BCUT2D eigenvalue weighted by molar-refractivity contribution is 0.104. The number of carbonyl (C=O) groups is 1. The number of allylic oxidation sites excluding steroid dienone is 1. The van der Waals surface area contributed by atoms with Crippen LogP contribution in [0.5, 0.6) is 0 Å². The van der Waals surface area contributed by atoms with E-state index in [0.29, 0.717) is 5.92 Å². The lowest BCUT2D eigenvalue weighted by atomic mass is 9.91. The largest absolute Gasteiger partial charge is 0.289 e. The fourth-order valence-corrected chi connectivity index (χ4v) is 1.87. The quantitative estimate of drug-likeness (QED) is 0.538. The molecule has 0 aromatic heterocycles. The van der Waals surface area contributed by atoms with Gasteiger partial charge in [0.25, 0.3) is 0 Å². The van der Waals surface area contributed by atoms with Crippen LogP contribution in [0.15, 0.2) is 24.8 Å². The molecule has 0 N–H and O–H groups in total. The van der Waals surface area contributed by atoms with Gasteiger partial charge >= 0.3 is 0 Å². The SMILES string of the molecule is C=CC(=O)c1cc(C(C)C)c(C)cc1C. The summed E-state index contributed by atoms with van der Waals surface area (Å²) in [6.45, 7) is 11.9. The van der Waals surface area contributed by atoms with Crippen molar-refractivity contribution in [3.8, 4) is 0 Å². The van der Waals surface area contributed by atoms with Crippen molar-refractivity contribution in [3.05, 3.63) is 47.0 Å². The molecule has 0 bridgehead atoms. The topological polar surface area (TPSA) is 17.1 Å². The zero-order valence-corrected chi connectivity index (χ0v) is 9.92. The highest BCUT2D eigenvalue weighted by atomic mass is 16.1. The maximum absolute atomic E-state index is 11.6. The molecule has 0 atom stereocenters. The highest BCUT2D eigenvalue weighted by Gasteiger charge is 2.11. The first-order chi connectivity index (χ1) is 6.97. The fraction of sp³-hybridized carbons (Fsp3) is 0.357. The minimum atomic E-state index is 0.00870. The van der Waals surface area contributed by atoms with Gasteiger partial charge in [-0.2, -0.15) is 0 Å². The first-order valence-electron chi connectivity index (χ1n) is 5.25. The Kier molecular flexibility index (Phi) is 3.46. The summed E-state index contributed by atoms with van der Waals surface area (Å²) in [6.07, 6.45) is 1.38. The second-order valence-electron chi connectivity index (χ2n) is 4.25. The van der Waals surface area contributed by atoms with Crippen LogP contribution in [-0.2, 0) is 0 Å². The third kappa shape index (κ3) is 2.35. The molecule has 1 aromatic carbocycles. The second-order valence-corrected chi connectivity index (χ2v) is 4.25. The van der Waals surface area contributed by atoms with Crippen LogP contribution in [0.2, 0.25) is 0 Å². The summed E-state index contributed by atoms with van der Waals surface area (Å²) in [4.78, 5) is 11.6. The molecule has 0 spiro atoms. The second kappa shape index (κ2) is 4.43. The fourth-order valence-electron chi connectivity index (χ4n) is 1.87. The maximum atomic E-state index is 11.6. The van der Waals surface area contributed by atoms with E-state index in [-0.39, 0.29) is 5.78 Å². The number of aryl methyl sites for hydroxylation is 2. The molecule has 0 aliphatic rings. The van der Waals surface area contributed by atoms with Crippen LogP contribution in [0.4, 0.5) is 0 Å². The minimum absolute atomic E-state index is 0.00870. The van der Waals surface area contributed by atoms with E-state index in [1.165, 1.54) is 17.2 Å². The molecule has 0 saturated carbocycles. The monoisotopic (exact) mass is 202 g/mol. The van der Waals surface area contributed by atoms with E-state index in [1.54, 1.807) is 0 Å². The van der Waals surface area contributed by atoms with E-state index >= 15 is 0 Å². The van der Waals surface area contributed by atoms with E-state index in [1.807, 2.05) is 13.0 Å². The van der Waals surface area contributed by atoms with Crippen LogP contribution in [-0.4, -0.2) is 5.78 Å². The molecule has 0 saturated heterocycles. The van der Waals surface area contributed by atoms with Crippen LogP contribution in [0.25, 0.3) is 0 Å². The third-order valence-corrected chi connectivity index (χ3v) is 2.69. The van der Waals surface area contributed by atoms with Crippen molar-refractivity contribution in [3.63, 3.8) is 0 Å². The summed E-state index contributed by atoms with van der Waals surface area (Å²) < 4.78 is 0. The van der Waals surface area contributed by atoms with Gasteiger partial charge in [0, 0.05) is 5.56 Å². The van der Waals surface area contributed by atoms with Crippen molar-refractivity contribution in [1.82, 2.24) is 0 Å². The first-order valence-corrected chi connectivity index (χ1v) is 5.25. The minimum Gasteiger partial charge on any atom is -0.289 e. The first kappa shape index (κ1) is 11.7. The Morgan fingerprint density at radius 2 is 1.87 bits per heavy atom. The molecule has 15 heavy (non-hydrogen) atoms. The van der Waals surface area contributed by atoms with Gasteiger partial charge in [0.15, 0.2) is 5.78 Å². The Balaban J connectivity index is 3.35. The van der Waals surface area contributed by atoms with Crippen molar-refractivity contribution in [2.45, 2.75) is 33.6 Å². The highest BCUT2D eigenvalue weighted by molar-refractivity contribution is 6.05. The van der Waals surface area contributed by atoms with Gasteiger partial charge in [0.2, 0.25) is 0 Å². The van der Waals surface area contributed by atoms with E-state index < -0.39 is 0 Å². The van der Waals surface area contributed by atoms with Gasteiger partial charge in [0.05, 0.1) is 0 Å². The Morgan fingerprint density at radius 1 is 1.27 bits per heavy atom. The molecule has 1 heteroatoms. The van der Waals surface area contributed by atoms with Crippen molar-refractivity contribution >= 4 is 5.78 Å². The van der Waals surface area contributed by atoms with Crippen LogP contribution in [0.3, 0.4) is 0 Å². The molecular formula is C14H18O. The average Bonchev–Trinajstić information content (AvgIpc) is 2.16. The molecule has 1 nitrogen and oxygen atoms in total. The van der Waals surface area contributed by atoms with Crippen molar-refractivity contribution in [2.24, 2.45) is 0 Å². The van der Waals surface area contributed by atoms with E-state index in [9.17, 15) is 4.79 Å². The molecule has 0 heterocycles. The smallest absolute Gasteiger partial charge is 0.185 e. The number of benzene rings is 1. The van der Waals surface area contributed by atoms with E-state index in [0.717, 1.165) is 11.1 Å². The van der Waals surface area contributed by atoms with Crippen molar-refractivity contribution < 1.29 is 4.79 Å². The number of carbonyl (C=O) groups excluding carboxylic acids is 1. The van der Waals surface area contributed by atoms with Crippen LogP contribution < -0.4 is 0 Å². The Bertz CT molecular complexity index is 400. The maximum Gasteiger partial charge on any atom is 0.185 e. The normalized spacial score (nSPS) is 10.5. The highest BCUT2D eigenvalue weighted by Crippen LogP contribution is 2.23. The van der Waals surface area contributed by atoms with Crippen LogP contribution in [0, 0.1) is 13.8 Å². The molecule has 1 aromatic rings. The van der Waals surface area contributed by atoms with Gasteiger partial charge in [-0.15, -0.1) is 0 Å². The molecule has 0 aliphatic heterocycles. The predicted octanol–water partition coefficient (Wildman–Crippen LogP) is 3.80. The summed E-state index contributed by atoms with van der Waals surface area (Å²) in [7, 11) is 0. The molecular weight excluding hydrogens is 184 g/mol. The lowest BCUT2D eigenvalue weighted by Gasteiger charge is -2.13. The summed E-state index contributed by atoms with van der Waals surface area (Å²) in [6, 6.07) is 4.07.